The van der Waals surface area contributed by atoms with Gasteiger partial charge in [-0.2, -0.15) is 0 Å². The first kappa shape index (κ1) is 142. The summed E-state index contributed by atoms with van der Waals surface area (Å²) in [5.74, 6) is 11.0. The number of nitrogens with zero attached hydrogens (tertiary/aromatic N) is 3. The molecule has 22 nitrogen and oxygen atoms in total. The van der Waals surface area contributed by atoms with Gasteiger partial charge in [-0.3, -0.25) is 76.9 Å². The molecule has 802 valence electrons. The van der Waals surface area contributed by atoms with E-state index in [1.54, 1.807) is 65.8 Å². The molecular formula is C117H208N6O16. The maximum atomic E-state index is 11.6. The average molecular weight is 1960 g/mol. The Hall–Kier alpha value is -8.04. The number of Topliss-reactive ketones (excluding diaryl/α,β-unsaturated/α-hetero) is 6. The van der Waals surface area contributed by atoms with Crippen LogP contribution in [0.15, 0.2) is 61.2 Å². The van der Waals surface area contributed by atoms with Crippen molar-refractivity contribution in [3.05, 3.63) is 61.2 Å². The molecule has 4 aliphatic heterocycles. The third-order valence-electron chi connectivity index (χ3n) is 18.8. The van der Waals surface area contributed by atoms with Gasteiger partial charge in [-0.15, -0.1) is 12.8 Å². The van der Waals surface area contributed by atoms with Gasteiger partial charge in [0, 0.05) is 127 Å². The standard InChI is InChI=1S/C13H23NO.C11H19NO.C10H19NO.C9H16O.C9H14O.C8H15NO.C8H14O2.C7H15NO.C7H11NO.C7H12O2.2C7H14O.C7H12O.C7H10O/c1-13(2,3)12(15)8-7-11-14-9-5-4-6-10-14;1-11(2,3)10(13)6-4-7-12-8-5-9-12;1-10(2,3)9(12)7-6-8-11(4)5;2*1-5-6-7-8(10)9(2,3)4;1-8(2,3)9-7(10)6-4-5-6;1-5-6(10-5)7(9)8(2,3)4;2*1-5-6(9)8-7(2,3)4;1-7(2,3)6(8)5-4-9-5;4*1-5-6(8)7(2,3)4/h7-8H,4-6,9-11H2,1-3H3;4,6H,5,7-9H2,1-3H3;6-7H,8H2,1-5H3;6-7H,5H2,1-4H3;5H2,1-4H3;6H,4-5H2,1-3H3,(H,9,10);5-6H,1-4H3;5H2,1-4H3,(H,8,9);1H,2-4H3,(H,8,9);5H,4H2,1-3H3;2*5H2,1-4H3;5H,1H2,2-4H3;1H,2-4H3/b8-7+;6-4+;2*7-6+;;;;;;;;;;/i;;;;;;;;;;;;1D2,5D;. The number of likely N-dealkylation sites (tertiary alicyclic amines) is 2. The number of amides is 3. The molecule has 22 heteroatoms. The van der Waals surface area contributed by atoms with Gasteiger partial charge in [0.15, 0.2) is 40.5 Å². The van der Waals surface area contributed by atoms with Crippen molar-refractivity contribution in [1.29, 1.82) is 0 Å². The lowest BCUT2D eigenvalue weighted by Gasteiger charge is -2.29. The Balaban J connectivity index is -0.000000192. The van der Waals surface area contributed by atoms with E-state index in [1.165, 1.54) is 51.9 Å². The van der Waals surface area contributed by atoms with Gasteiger partial charge < -0.3 is 30.3 Å². The minimum Gasteiger partial charge on any atom is -0.365 e. The first-order chi connectivity index (χ1) is 63.3. The summed E-state index contributed by atoms with van der Waals surface area (Å²) < 4.78 is 30.4. The number of ether oxygens (including phenoxy) is 2. The zero-order valence-electron chi connectivity index (χ0n) is 101. The highest BCUT2D eigenvalue weighted by atomic mass is 16.6. The van der Waals surface area contributed by atoms with Crippen LogP contribution in [0.25, 0.3) is 0 Å². The van der Waals surface area contributed by atoms with Crippen LogP contribution in [0, 0.1) is 102 Å². The number of rotatable bonds is 18. The Morgan fingerprint density at radius 1 is 0.417 bits per heavy atom. The highest BCUT2D eigenvalue weighted by molar-refractivity contribution is 6.00. The SMILES string of the molecule is C#CC(=O)C(C)(C)C.C#CC(=O)NC(C)(C)C.CC(C)(C)C(=O)/C=C/CN1CCC1.CC(C)(C)C(=O)/C=C/CN1CCCCC1.CC(C)(C)C(=O)C1CO1.CC(C)(C)NC(=O)C1CC1.CC/C=C/C(=O)C(C)(C)C.CC1OC1C(=O)C(C)(C)C.CCC#CC(=O)C(C)(C)C.CCC(=O)C(C)(C)C.CCC(=O)C(C)(C)C.CCC(=O)NC(C)(C)C.CN(C)C/C=C/C(=O)C(C)(C)C.[2H]C([2H])=C([2H])C(=O)C(C)(C)C. The number of nitrogens with one attached hydrogen (secondary N) is 3. The second kappa shape index (κ2) is 69.8. The van der Waals surface area contributed by atoms with Crippen LogP contribution in [-0.2, 0) is 76.6 Å². The van der Waals surface area contributed by atoms with Crippen molar-refractivity contribution < 1.29 is 80.7 Å². The molecule has 5 fully saturated rings. The number of epoxide rings is 2. The Bertz CT molecular complexity index is 4100. The van der Waals surface area contributed by atoms with Crippen LogP contribution in [0.4, 0.5) is 0 Å². The molecule has 3 atom stereocenters. The number of terminal acetylenes is 2. The summed E-state index contributed by atoms with van der Waals surface area (Å²) in [4.78, 5) is 161. The van der Waals surface area contributed by atoms with E-state index in [2.05, 4.69) is 43.5 Å². The number of hydrogen-bond acceptors (Lipinski definition) is 19. The van der Waals surface area contributed by atoms with Gasteiger partial charge in [-0.05, 0) is 196 Å². The van der Waals surface area contributed by atoms with Crippen molar-refractivity contribution in [2.75, 3.05) is 66.5 Å². The molecule has 3 N–H and O–H groups in total. The Morgan fingerprint density at radius 2 is 0.748 bits per heavy atom. The van der Waals surface area contributed by atoms with Gasteiger partial charge in [0.2, 0.25) is 23.4 Å². The average Bonchev–Trinajstić information content (AvgIpc) is 1.66. The number of piperidine rings is 1. The third kappa shape index (κ3) is 95.9. The maximum Gasteiger partial charge on any atom is 0.296 e. The van der Waals surface area contributed by atoms with Crippen LogP contribution in [0.3, 0.4) is 0 Å². The molecule has 139 heavy (non-hydrogen) atoms. The lowest BCUT2D eigenvalue weighted by molar-refractivity contribution is -0.128. The van der Waals surface area contributed by atoms with E-state index in [4.69, 9.17) is 26.4 Å². The molecule has 1 saturated carbocycles. The maximum absolute atomic E-state index is 11.6. The second-order valence-electron chi connectivity index (χ2n) is 49.8. The molecule has 0 aromatic rings. The van der Waals surface area contributed by atoms with Crippen molar-refractivity contribution in [2.24, 2.45) is 65.5 Å². The fourth-order valence-electron chi connectivity index (χ4n) is 9.01. The zero-order chi connectivity index (χ0) is 115. The Labute approximate surface area is 855 Å². The number of likely N-dealkylation sites (N-methyl/N-ethyl adjacent to an activating group) is 1. The molecule has 5 rings (SSSR count). The van der Waals surface area contributed by atoms with E-state index >= 15 is 0 Å². The summed E-state index contributed by atoms with van der Waals surface area (Å²) in [6, 6.07) is -0.516. The lowest BCUT2D eigenvalue weighted by atomic mass is 9.88. The van der Waals surface area contributed by atoms with Gasteiger partial charge in [0.1, 0.15) is 23.8 Å². The normalized spacial score (nSPS) is 16.1. The summed E-state index contributed by atoms with van der Waals surface area (Å²) in [6.45, 7) is 98.9. The highest BCUT2D eigenvalue weighted by Gasteiger charge is 2.45. The van der Waals surface area contributed by atoms with Crippen molar-refractivity contribution in [3.8, 4) is 36.5 Å². The third-order valence-corrected chi connectivity index (χ3v) is 18.8. The molecular weight excluding hydrogens is 1750 g/mol. The van der Waals surface area contributed by atoms with E-state index in [-0.39, 0.29) is 153 Å². The molecule has 0 bridgehead atoms. The van der Waals surface area contributed by atoms with Crippen LogP contribution < -0.4 is 16.0 Å². The second-order valence-corrected chi connectivity index (χ2v) is 49.8. The van der Waals surface area contributed by atoms with Gasteiger partial charge in [0.05, 0.1) is 16.8 Å². The van der Waals surface area contributed by atoms with Gasteiger partial charge in [-0.1, -0.05) is 306 Å². The molecule has 3 amide bonds. The van der Waals surface area contributed by atoms with Crippen molar-refractivity contribution in [3.63, 3.8) is 0 Å². The fourth-order valence-corrected chi connectivity index (χ4v) is 9.01. The van der Waals surface area contributed by atoms with Crippen LogP contribution in [0.2, 0.25) is 0 Å². The van der Waals surface area contributed by atoms with Crippen LogP contribution in [-0.4, -0.2) is 197 Å². The molecule has 5 aliphatic rings. The molecule has 3 unspecified atom stereocenters. The minimum absolute atomic E-state index is 0.0225. The molecule has 0 spiro atoms. The largest absolute Gasteiger partial charge is 0.365 e. The monoisotopic (exact) mass is 1960 g/mol. The zero-order valence-corrected chi connectivity index (χ0v) is 97.9. The molecule has 0 radical (unpaired) electrons. The van der Waals surface area contributed by atoms with Crippen LogP contribution >= 0.6 is 0 Å². The predicted octanol–water partition coefficient (Wildman–Crippen LogP) is 23.4. The van der Waals surface area contributed by atoms with E-state index < -0.39 is 23.8 Å². The van der Waals surface area contributed by atoms with E-state index in [0.717, 1.165) is 45.3 Å². The number of ketones is 11. The Kier molecular flexibility index (Phi) is 71.1. The minimum atomic E-state index is -0.718. The van der Waals surface area contributed by atoms with Crippen LogP contribution in [0.1, 0.15) is 407 Å². The molecule has 1 aliphatic carbocycles. The Morgan fingerprint density at radius 3 is 0.921 bits per heavy atom. The number of carbonyl (C=O) groups is 14. The van der Waals surface area contributed by atoms with Gasteiger partial charge in [-0.25, -0.2) is 0 Å². The summed E-state index contributed by atoms with van der Waals surface area (Å²) in [7, 11) is 3.96. The topological polar surface area (TPSA) is 310 Å². The van der Waals surface area contributed by atoms with Crippen molar-refractivity contribution in [2.45, 2.75) is 438 Å². The quantitative estimate of drug-likeness (QED) is 0.0497. The number of hydrogen-bond donors (Lipinski definition) is 3. The van der Waals surface area contributed by atoms with E-state index in [1.807, 2.05) is 340 Å². The van der Waals surface area contributed by atoms with Gasteiger partial charge in [0.25, 0.3) is 5.91 Å². The fraction of sp³-hybridized carbons (Fsp3) is 0.744. The predicted molar refractivity (Wildman–Crippen MR) is 583 cm³/mol. The van der Waals surface area contributed by atoms with Crippen molar-refractivity contribution in [1.82, 2.24) is 30.7 Å². The van der Waals surface area contributed by atoms with E-state index in [0.29, 0.717) is 43.4 Å². The van der Waals surface area contributed by atoms with E-state index in [9.17, 15) is 67.1 Å². The summed E-state index contributed by atoms with van der Waals surface area (Å²) in [6.07, 6.45) is 35.2. The summed E-state index contributed by atoms with van der Waals surface area (Å²) in [5.41, 5.74) is -3.34. The lowest BCUT2D eigenvalue weighted by Crippen LogP contribution is -2.41. The van der Waals surface area contributed by atoms with Crippen LogP contribution in [0.5, 0.6) is 0 Å². The molecule has 0 aromatic carbocycles. The molecule has 4 heterocycles. The summed E-state index contributed by atoms with van der Waals surface area (Å²) >= 11 is 0. The molecule has 0 aromatic heterocycles. The number of allylic oxidation sites excluding steroid dienone is 6. The van der Waals surface area contributed by atoms with Crippen molar-refractivity contribution >= 4 is 81.3 Å². The first-order valence-corrected chi connectivity index (χ1v) is 49.9. The number of carbonyl (C=O) groups excluding carboxylic acids is 14. The van der Waals surface area contributed by atoms with Gasteiger partial charge >= 0.3 is 0 Å². The highest BCUT2D eigenvalue weighted by Crippen LogP contribution is 2.32. The first-order valence-electron chi connectivity index (χ1n) is 51.4. The molecule has 4 saturated heterocycles. The summed E-state index contributed by atoms with van der Waals surface area (Å²) in [5, 5.41) is 8.37. The smallest absolute Gasteiger partial charge is 0.296 e.